The Morgan fingerprint density at radius 3 is 2.36 bits per heavy atom. The molecule has 10 nitrogen and oxygen atoms in total. The summed E-state index contributed by atoms with van der Waals surface area (Å²) in [6, 6.07) is 10.8. The lowest BCUT2D eigenvalue weighted by Crippen LogP contribution is -2.52. The Bertz CT molecular complexity index is 1340. The van der Waals surface area contributed by atoms with Crippen molar-refractivity contribution < 1.29 is 13.2 Å². The van der Waals surface area contributed by atoms with E-state index in [0.29, 0.717) is 0 Å². The molecule has 1 amide bonds. The van der Waals surface area contributed by atoms with E-state index in [4.69, 9.17) is 0 Å². The number of hydrogen-bond donors (Lipinski definition) is 0. The number of hydrogen-bond acceptors (Lipinski definition) is 6. The third-order valence-electron chi connectivity index (χ3n) is 5.73. The van der Waals surface area contributed by atoms with Crippen LogP contribution in [0.4, 0.5) is 0 Å². The zero-order chi connectivity index (χ0) is 23.6. The van der Waals surface area contributed by atoms with Crippen LogP contribution in [0.5, 0.6) is 0 Å². The highest BCUT2D eigenvalue weighted by atomic mass is 32.2. The fourth-order valence-corrected chi connectivity index (χ4v) is 4.87. The van der Waals surface area contributed by atoms with E-state index in [-0.39, 0.29) is 37.8 Å². The van der Waals surface area contributed by atoms with Crippen LogP contribution in [0.25, 0.3) is 6.08 Å². The largest absolute Gasteiger partial charge is 0.338 e. The number of sulfonamides is 1. The summed E-state index contributed by atoms with van der Waals surface area (Å²) in [6.45, 7) is 0.00134. The molecule has 0 N–H and O–H groups in total. The van der Waals surface area contributed by atoms with Crippen LogP contribution in [0.15, 0.2) is 51.5 Å². The van der Waals surface area contributed by atoms with Crippen LogP contribution >= 0.6 is 0 Å². The summed E-state index contributed by atoms with van der Waals surface area (Å²) in [7, 11) is -3.65. The van der Waals surface area contributed by atoms with Crippen molar-refractivity contribution in [2.75, 3.05) is 26.2 Å². The first-order chi connectivity index (χ1) is 15.8. The van der Waals surface area contributed by atoms with Gasteiger partial charge in [-0.05, 0) is 24.5 Å². The molecule has 0 bridgehead atoms. The number of piperazine rings is 1. The van der Waals surface area contributed by atoms with Crippen molar-refractivity contribution in [2.24, 2.45) is 0 Å². The fraction of sp³-hybridized carbons (Fsp3) is 0.364. The molecule has 11 heteroatoms. The number of amides is 1. The zero-order valence-corrected chi connectivity index (χ0v) is 18.6. The second-order valence-electron chi connectivity index (χ2n) is 8.01. The third kappa shape index (κ3) is 4.97. The Balaban J connectivity index is 1.43. The molecule has 0 atom stereocenters. The van der Waals surface area contributed by atoms with Crippen LogP contribution in [-0.4, -0.2) is 58.8 Å². The monoisotopic (exact) mass is 469 g/mol. The van der Waals surface area contributed by atoms with Gasteiger partial charge < -0.3 is 4.90 Å². The molecule has 4 rings (SSSR count). The van der Waals surface area contributed by atoms with Gasteiger partial charge in [0.15, 0.2) is 0 Å². The molecule has 2 aliphatic rings. The fourth-order valence-electron chi connectivity index (χ4n) is 3.69. The summed E-state index contributed by atoms with van der Waals surface area (Å²) < 4.78 is 28.6. The maximum atomic E-state index is 12.8. The molecule has 2 heterocycles. The number of nitriles is 1. The summed E-state index contributed by atoms with van der Waals surface area (Å²) in [5.41, 5.74) is -0.825. The first-order valence-corrected chi connectivity index (χ1v) is 12.1. The van der Waals surface area contributed by atoms with Gasteiger partial charge >= 0.3 is 5.69 Å². The molecule has 1 aliphatic carbocycles. The summed E-state index contributed by atoms with van der Waals surface area (Å²) in [4.78, 5) is 39.4. The van der Waals surface area contributed by atoms with Crippen LogP contribution in [-0.2, 0) is 21.4 Å². The lowest BCUT2D eigenvalue weighted by atomic mass is 10.2. The molecule has 0 radical (unpaired) electrons. The zero-order valence-electron chi connectivity index (χ0n) is 17.8. The number of carbonyl (C=O) groups excluding carboxylic acids is 1. The van der Waals surface area contributed by atoms with E-state index in [0.717, 1.165) is 28.4 Å². The van der Waals surface area contributed by atoms with E-state index < -0.39 is 33.7 Å². The molecule has 33 heavy (non-hydrogen) atoms. The van der Waals surface area contributed by atoms with E-state index in [1.807, 2.05) is 18.2 Å². The van der Waals surface area contributed by atoms with E-state index in [2.05, 4.69) is 0 Å². The predicted molar refractivity (Wildman–Crippen MR) is 120 cm³/mol. The van der Waals surface area contributed by atoms with Crippen molar-refractivity contribution in [3.63, 3.8) is 0 Å². The van der Waals surface area contributed by atoms with Crippen LogP contribution in [0.1, 0.15) is 30.0 Å². The lowest BCUT2D eigenvalue weighted by molar-refractivity contribution is -0.133. The molecular formula is C22H23N5O5S. The second kappa shape index (κ2) is 9.17. The van der Waals surface area contributed by atoms with Crippen LogP contribution in [0, 0.1) is 11.3 Å². The minimum Gasteiger partial charge on any atom is -0.338 e. The van der Waals surface area contributed by atoms with Gasteiger partial charge in [-0.1, -0.05) is 30.3 Å². The Morgan fingerprint density at radius 1 is 1.09 bits per heavy atom. The van der Waals surface area contributed by atoms with E-state index in [9.17, 15) is 28.1 Å². The summed E-state index contributed by atoms with van der Waals surface area (Å²) in [5, 5.41) is 10.4. The molecule has 2 fully saturated rings. The van der Waals surface area contributed by atoms with Crippen LogP contribution < -0.4 is 11.2 Å². The van der Waals surface area contributed by atoms with Crippen molar-refractivity contribution in [1.82, 2.24) is 18.3 Å². The average molecular weight is 470 g/mol. The van der Waals surface area contributed by atoms with Crippen molar-refractivity contribution >= 4 is 22.0 Å². The molecule has 0 spiro atoms. The Hall–Kier alpha value is -3.49. The van der Waals surface area contributed by atoms with Crippen molar-refractivity contribution in [1.29, 1.82) is 5.26 Å². The second-order valence-corrected chi connectivity index (χ2v) is 9.82. The normalized spacial score (nSPS) is 17.2. The smallest absolute Gasteiger partial charge is 0.331 e. The lowest BCUT2D eigenvalue weighted by Gasteiger charge is -2.33. The number of benzene rings is 1. The van der Waals surface area contributed by atoms with E-state index in [1.165, 1.54) is 26.0 Å². The molecule has 2 aromatic rings. The highest BCUT2D eigenvalue weighted by Crippen LogP contribution is 2.33. The highest BCUT2D eigenvalue weighted by Gasteiger charge is 2.30. The average Bonchev–Trinajstić information content (AvgIpc) is 3.67. The Kier molecular flexibility index (Phi) is 6.31. The van der Waals surface area contributed by atoms with Gasteiger partial charge in [-0.3, -0.25) is 14.2 Å². The van der Waals surface area contributed by atoms with Gasteiger partial charge in [-0.15, -0.1) is 0 Å². The summed E-state index contributed by atoms with van der Waals surface area (Å²) >= 11 is 0. The molecule has 1 aliphatic heterocycles. The molecule has 1 saturated heterocycles. The predicted octanol–water partition coefficient (Wildman–Crippen LogP) is 0.361. The van der Waals surface area contributed by atoms with Crippen LogP contribution in [0.2, 0.25) is 0 Å². The van der Waals surface area contributed by atoms with E-state index in [1.54, 1.807) is 18.2 Å². The van der Waals surface area contributed by atoms with Gasteiger partial charge in [0.25, 0.3) is 5.56 Å². The van der Waals surface area contributed by atoms with Gasteiger partial charge in [0.1, 0.15) is 18.2 Å². The highest BCUT2D eigenvalue weighted by molar-refractivity contribution is 7.92. The number of carbonyl (C=O) groups is 1. The Morgan fingerprint density at radius 2 is 1.76 bits per heavy atom. The van der Waals surface area contributed by atoms with E-state index >= 15 is 0 Å². The molecular weight excluding hydrogens is 446 g/mol. The molecule has 1 aromatic carbocycles. The third-order valence-corrected chi connectivity index (χ3v) is 7.30. The minimum absolute atomic E-state index is 0.0516. The minimum atomic E-state index is -3.65. The van der Waals surface area contributed by atoms with Gasteiger partial charge in [0.05, 0.1) is 0 Å². The van der Waals surface area contributed by atoms with Gasteiger partial charge in [0.2, 0.25) is 15.9 Å². The first kappa shape index (κ1) is 22.7. The van der Waals surface area contributed by atoms with Gasteiger partial charge in [0, 0.05) is 43.8 Å². The standard InChI is InChI=1S/C22H23N5O5S/c23-14-18-15-26(19-6-7-19)22(30)27(21(18)29)16-20(28)24-9-11-25(12-10-24)33(31,32)13-8-17-4-2-1-3-5-17/h1-5,8,13,15,19H,6-7,9-12,16H2/b13-8+. The SMILES string of the molecule is N#Cc1cn(C2CC2)c(=O)n(CC(=O)N2CCN(S(=O)(=O)/C=C/c3ccccc3)CC2)c1=O. The summed E-state index contributed by atoms with van der Waals surface area (Å²) in [5.74, 6) is -0.469. The Labute approximate surface area is 190 Å². The maximum Gasteiger partial charge on any atom is 0.331 e. The van der Waals surface area contributed by atoms with Gasteiger partial charge in [-0.25, -0.2) is 17.8 Å². The number of aromatic nitrogens is 2. The van der Waals surface area contributed by atoms with Crippen molar-refractivity contribution in [3.8, 4) is 6.07 Å². The summed E-state index contributed by atoms with van der Waals surface area (Å²) in [6.07, 6.45) is 4.35. The quantitative estimate of drug-likeness (QED) is 0.602. The van der Waals surface area contributed by atoms with Crippen molar-refractivity contribution in [2.45, 2.75) is 25.4 Å². The maximum absolute atomic E-state index is 12.8. The number of rotatable bonds is 6. The molecule has 1 saturated carbocycles. The molecule has 1 aromatic heterocycles. The topological polar surface area (TPSA) is 125 Å². The van der Waals surface area contributed by atoms with Crippen molar-refractivity contribution in [3.05, 3.63) is 73.9 Å². The van der Waals surface area contributed by atoms with Crippen LogP contribution in [0.3, 0.4) is 0 Å². The first-order valence-electron chi connectivity index (χ1n) is 10.6. The number of nitrogens with zero attached hydrogens (tertiary/aromatic N) is 5. The molecule has 0 unspecified atom stereocenters. The molecule has 172 valence electrons. The van der Waals surface area contributed by atoms with Gasteiger partial charge in [-0.2, -0.15) is 9.57 Å².